The first kappa shape index (κ1) is 24.4. The number of hydrogen-bond acceptors (Lipinski definition) is 4. The maximum atomic E-state index is 11.3. The Kier molecular flexibility index (Phi) is 7.05. The molecule has 7 heteroatoms. The smallest absolute Gasteiger partial charge is 0.306 e. The van der Waals surface area contributed by atoms with Gasteiger partial charge in [0.2, 0.25) is 0 Å². The highest BCUT2D eigenvalue weighted by Crippen LogP contribution is 2.38. The van der Waals surface area contributed by atoms with Gasteiger partial charge in [0.15, 0.2) is 5.82 Å². The lowest BCUT2D eigenvalue weighted by atomic mass is 9.81. The van der Waals surface area contributed by atoms with Crippen molar-refractivity contribution in [1.82, 2.24) is 14.8 Å². The molecular formula is C27H35N3O3Si. The van der Waals surface area contributed by atoms with E-state index in [9.17, 15) is 9.90 Å². The first-order valence-electron chi connectivity index (χ1n) is 12.1. The second-order valence-electron chi connectivity index (χ2n) is 10.4. The Balaban J connectivity index is 1.63. The molecule has 1 N–H and O–H groups in total. The topological polar surface area (TPSA) is 77.2 Å². The molecule has 1 fully saturated rings. The highest BCUT2D eigenvalue weighted by molar-refractivity contribution is 6.99. The van der Waals surface area contributed by atoms with E-state index in [-0.39, 0.29) is 16.9 Å². The number of carbonyl (C=O) groups is 1. The molecule has 180 valence electrons. The van der Waals surface area contributed by atoms with Gasteiger partial charge in [-0.15, -0.1) is 10.2 Å². The summed E-state index contributed by atoms with van der Waals surface area (Å²) in [5.41, 5.74) is 0. The molecule has 1 aromatic heterocycles. The largest absolute Gasteiger partial charge is 0.481 e. The van der Waals surface area contributed by atoms with Crippen molar-refractivity contribution in [3.8, 4) is 0 Å². The summed E-state index contributed by atoms with van der Waals surface area (Å²) >= 11 is 0. The van der Waals surface area contributed by atoms with Crippen LogP contribution in [0.3, 0.4) is 0 Å². The van der Waals surface area contributed by atoms with Crippen molar-refractivity contribution in [2.45, 2.75) is 64.0 Å². The van der Waals surface area contributed by atoms with Gasteiger partial charge in [0.1, 0.15) is 5.82 Å². The number of carboxylic acid groups (broad SMARTS) is 1. The van der Waals surface area contributed by atoms with Crippen molar-refractivity contribution in [2.24, 2.45) is 13.0 Å². The number of aromatic nitrogens is 3. The number of hydrogen-bond donors (Lipinski definition) is 1. The lowest BCUT2D eigenvalue weighted by Gasteiger charge is -2.42. The Morgan fingerprint density at radius 1 is 0.971 bits per heavy atom. The fourth-order valence-electron chi connectivity index (χ4n) is 5.39. The van der Waals surface area contributed by atoms with E-state index in [0.717, 1.165) is 24.5 Å². The molecule has 3 aromatic rings. The second kappa shape index (κ2) is 9.84. The zero-order valence-corrected chi connectivity index (χ0v) is 21.6. The minimum absolute atomic E-state index is 0.105. The number of rotatable bonds is 7. The third-order valence-electron chi connectivity index (χ3n) is 7.27. The Morgan fingerprint density at radius 3 is 1.97 bits per heavy atom. The normalized spacial score (nSPS) is 19.2. The molecule has 4 rings (SSSR count). The summed E-state index contributed by atoms with van der Waals surface area (Å²) < 4.78 is 9.08. The zero-order chi connectivity index (χ0) is 24.3. The predicted molar refractivity (Wildman–Crippen MR) is 136 cm³/mol. The van der Waals surface area contributed by atoms with Gasteiger partial charge in [-0.1, -0.05) is 81.4 Å². The summed E-state index contributed by atoms with van der Waals surface area (Å²) in [6, 6.07) is 21.2. The van der Waals surface area contributed by atoms with Gasteiger partial charge < -0.3 is 14.1 Å². The molecule has 0 saturated heterocycles. The molecule has 0 amide bonds. The van der Waals surface area contributed by atoms with Crippen molar-refractivity contribution in [3.05, 3.63) is 72.3 Å². The molecule has 34 heavy (non-hydrogen) atoms. The van der Waals surface area contributed by atoms with Gasteiger partial charge in [0, 0.05) is 13.0 Å². The lowest BCUT2D eigenvalue weighted by Crippen LogP contribution is -2.66. The number of benzene rings is 2. The summed E-state index contributed by atoms with van der Waals surface area (Å²) in [5.74, 6) is 1.07. The van der Waals surface area contributed by atoms with Gasteiger partial charge in [0.05, 0.1) is 12.5 Å². The molecule has 6 nitrogen and oxygen atoms in total. The van der Waals surface area contributed by atoms with Gasteiger partial charge in [-0.05, 0) is 41.1 Å². The van der Waals surface area contributed by atoms with Gasteiger partial charge in [-0.2, -0.15) is 0 Å². The molecular weight excluding hydrogens is 442 g/mol. The van der Waals surface area contributed by atoms with Crippen LogP contribution in [0.2, 0.25) is 5.04 Å². The van der Waals surface area contributed by atoms with Crippen LogP contribution in [0.15, 0.2) is 60.7 Å². The van der Waals surface area contributed by atoms with Crippen LogP contribution in [0.1, 0.15) is 64.0 Å². The molecule has 1 heterocycles. The molecule has 0 bridgehead atoms. The third kappa shape index (κ3) is 4.59. The minimum Gasteiger partial charge on any atom is -0.481 e. The van der Waals surface area contributed by atoms with E-state index in [4.69, 9.17) is 4.43 Å². The first-order valence-corrected chi connectivity index (χ1v) is 14.0. The fraction of sp³-hybridized carbons (Fsp3) is 0.444. The van der Waals surface area contributed by atoms with Gasteiger partial charge in [-0.3, -0.25) is 4.79 Å². The molecule has 0 aliphatic heterocycles. The first-order chi connectivity index (χ1) is 16.2. The molecule has 1 saturated carbocycles. The van der Waals surface area contributed by atoms with Crippen molar-refractivity contribution in [1.29, 1.82) is 0 Å². The molecule has 0 spiro atoms. The molecule has 1 aliphatic rings. The average molecular weight is 478 g/mol. The summed E-state index contributed by atoms with van der Waals surface area (Å²) in [6.45, 7) is 7.17. The number of nitrogens with zero attached hydrogens (tertiary/aromatic N) is 3. The average Bonchev–Trinajstić information content (AvgIpc) is 3.20. The van der Waals surface area contributed by atoms with E-state index < -0.39 is 14.3 Å². The third-order valence-corrected chi connectivity index (χ3v) is 12.3. The van der Waals surface area contributed by atoms with Crippen LogP contribution in [-0.2, 0) is 22.9 Å². The maximum absolute atomic E-state index is 11.3. The maximum Gasteiger partial charge on any atom is 0.306 e. The van der Waals surface area contributed by atoms with Crippen molar-refractivity contribution < 1.29 is 14.3 Å². The van der Waals surface area contributed by atoms with Gasteiger partial charge in [0.25, 0.3) is 8.32 Å². The molecule has 0 radical (unpaired) electrons. The Labute approximate surface area is 203 Å². The standard InChI is InChI=1S/C27H35N3O3Si/c1-27(2,3)34(22-11-7-5-8-12-22,23-13-9-6-10-14-23)33-19-24-28-29-25(30(24)4)20-15-17-21(18-16-20)26(31)32/h5-14,20-21H,15-19H2,1-4H3,(H,31,32)/t20-,21-. The van der Waals surface area contributed by atoms with E-state index in [0.29, 0.717) is 19.4 Å². The Hall–Kier alpha value is -2.77. The van der Waals surface area contributed by atoms with Crippen molar-refractivity contribution in [2.75, 3.05) is 0 Å². The molecule has 0 atom stereocenters. The summed E-state index contributed by atoms with van der Waals surface area (Å²) in [7, 11) is -0.651. The quantitative estimate of drug-likeness (QED) is 0.515. The predicted octanol–water partition coefficient (Wildman–Crippen LogP) is 4.25. The number of carboxylic acids is 1. The number of aliphatic carboxylic acids is 1. The monoisotopic (exact) mass is 477 g/mol. The Bertz CT molecular complexity index is 1060. The molecule has 2 aromatic carbocycles. The van der Waals surface area contributed by atoms with Gasteiger partial charge in [-0.25, -0.2) is 0 Å². The van der Waals surface area contributed by atoms with E-state index in [2.05, 4.69) is 84.1 Å². The van der Waals surface area contributed by atoms with Crippen molar-refractivity contribution in [3.63, 3.8) is 0 Å². The summed E-state index contributed by atoms with van der Waals surface area (Å²) in [5, 5.41) is 20.7. The van der Waals surface area contributed by atoms with E-state index in [1.807, 2.05) is 19.2 Å². The summed E-state index contributed by atoms with van der Waals surface area (Å²) in [6.07, 6.45) is 3.05. The SMILES string of the molecule is Cn1c(CO[Si](c2ccccc2)(c2ccccc2)C(C)(C)C)nnc1[C@H]1CC[C@H](C(=O)O)CC1. The van der Waals surface area contributed by atoms with E-state index in [1.165, 1.54) is 10.4 Å². The van der Waals surface area contributed by atoms with Crippen LogP contribution < -0.4 is 10.4 Å². The minimum atomic E-state index is -2.65. The van der Waals surface area contributed by atoms with Gasteiger partial charge >= 0.3 is 5.97 Å². The second-order valence-corrected chi connectivity index (χ2v) is 14.7. The highest BCUT2D eigenvalue weighted by Gasteiger charge is 2.50. The molecule has 1 aliphatic carbocycles. The fourth-order valence-corrected chi connectivity index (χ4v) is 9.89. The molecule has 0 unspecified atom stereocenters. The van der Waals surface area contributed by atoms with E-state index in [1.54, 1.807) is 0 Å². The van der Waals surface area contributed by atoms with Crippen LogP contribution >= 0.6 is 0 Å². The van der Waals surface area contributed by atoms with Crippen LogP contribution in [-0.4, -0.2) is 34.2 Å². The van der Waals surface area contributed by atoms with Crippen LogP contribution in [0.25, 0.3) is 0 Å². The Morgan fingerprint density at radius 2 is 1.50 bits per heavy atom. The van der Waals surface area contributed by atoms with Crippen molar-refractivity contribution >= 4 is 24.7 Å². The van der Waals surface area contributed by atoms with Crippen LogP contribution in [0, 0.1) is 5.92 Å². The van der Waals surface area contributed by atoms with E-state index >= 15 is 0 Å². The van der Waals surface area contributed by atoms with Crippen LogP contribution in [0.5, 0.6) is 0 Å². The lowest BCUT2D eigenvalue weighted by molar-refractivity contribution is -0.142. The van der Waals surface area contributed by atoms with Crippen LogP contribution in [0.4, 0.5) is 0 Å². The highest BCUT2D eigenvalue weighted by atomic mass is 28.4. The zero-order valence-electron chi connectivity index (χ0n) is 20.6. The summed E-state index contributed by atoms with van der Waals surface area (Å²) in [4.78, 5) is 11.3.